The first kappa shape index (κ1) is 24.4. The molecule has 6 nitrogen and oxygen atoms in total. The molecule has 172 valence electrons. The van der Waals surface area contributed by atoms with E-state index in [0.29, 0.717) is 38.5 Å². The molecule has 0 radical (unpaired) electrons. The van der Waals surface area contributed by atoms with Gasteiger partial charge >= 0.3 is 11.9 Å². The standard InChI is InChI=1S/C25H16BrClINO5/c1-2-32-21-12-14(10-18(26)22(21)33-24(30)15-6-4-3-5-7-15)11-20-25(31)34-23(29-20)17-13-16(28)8-9-19(17)27/h3-13H,2H2,1H3/b20-11-. The minimum absolute atomic E-state index is 0.105. The summed E-state index contributed by atoms with van der Waals surface area (Å²) in [5, 5.41) is 0.430. The largest absolute Gasteiger partial charge is 0.490 e. The molecule has 1 aliphatic rings. The van der Waals surface area contributed by atoms with Gasteiger partial charge in [0, 0.05) is 3.57 Å². The Morgan fingerprint density at radius 1 is 1.18 bits per heavy atom. The normalized spacial score (nSPS) is 14.1. The molecule has 3 aromatic carbocycles. The first-order chi connectivity index (χ1) is 16.4. The summed E-state index contributed by atoms with van der Waals surface area (Å²) in [5.74, 6) is -0.405. The van der Waals surface area contributed by atoms with E-state index in [0.717, 1.165) is 3.57 Å². The first-order valence-corrected chi connectivity index (χ1v) is 12.3. The second-order valence-corrected chi connectivity index (χ2v) is 9.49. The summed E-state index contributed by atoms with van der Waals surface area (Å²) >= 11 is 11.8. The van der Waals surface area contributed by atoms with Crippen LogP contribution >= 0.6 is 50.1 Å². The lowest BCUT2D eigenvalue weighted by Gasteiger charge is -2.13. The number of cyclic esters (lactones) is 1. The number of hydrogen-bond acceptors (Lipinski definition) is 6. The smallest absolute Gasteiger partial charge is 0.363 e. The van der Waals surface area contributed by atoms with Gasteiger partial charge in [-0.25, -0.2) is 14.6 Å². The second kappa shape index (κ2) is 10.7. The molecule has 0 aromatic heterocycles. The molecule has 0 saturated heterocycles. The highest BCUT2D eigenvalue weighted by atomic mass is 127. The van der Waals surface area contributed by atoms with Crippen molar-refractivity contribution in [1.29, 1.82) is 0 Å². The van der Waals surface area contributed by atoms with E-state index in [2.05, 4.69) is 43.5 Å². The molecular weight excluding hydrogens is 637 g/mol. The summed E-state index contributed by atoms with van der Waals surface area (Å²) in [6, 6.07) is 17.4. The van der Waals surface area contributed by atoms with Crippen molar-refractivity contribution in [2.75, 3.05) is 6.61 Å². The molecule has 0 spiro atoms. The number of ether oxygens (including phenoxy) is 3. The number of carbonyl (C=O) groups excluding carboxylic acids is 2. The highest BCUT2D eigenvalue weighted by Crippen LogP contribution is 2.38. The third-order valence-corrected chi connectivity index (χ3v) is 6.21. The van der Waals surface area contributed by atoms with Gasteiger partial charge in [0.2, 0.25) is 5.90 Å². The predicted molar refractivity (Wildman–Crippen MR) is 141 cm³/mol. The number of esters is 2. The van der Waals surface area contributed by atoms with Crippen LogP contribution in [0.5, 0.6) is 11.5 Å². The Hall–Kier alpha value is -2.69. The molecule has 3 aromatic rings. The second-order valence-electron chi connectivity index (χ2n) is 6.98. The van der Waals surface area contributed by atoms with Crippen molar-refractivity contribution in [3.05, 3.63) is 96.1 Å². The first-order valence-electron chi connectivity index (χ1n) is 10.1. The molecule has 0 saturated carbocycles. The molecule has 1 heterocycles. The zero-order chi connectivity index (χ0) is 24.2. The maximum Gasteiger partial charge on any atom is 0.363 e. The highest BCUT2D eigenvalue weighted by molar-refractivity contribution is 14.1. The molecule has 0 unspecified atom stereocenters. The molecule has 0 aliphatic carbocycles. The van der Waals surface area contributed by atoms with Gasteiger partial charge in [0.05, 0.1) is 27.2 Å². The Bertz CT molecular complexity index is 1340. The van der Waals surface area contributed by atoms with Gasteiger partial charge in [-0.05, 0) is 99.5 Å². The van der Waals surface area contributed by atoms with Crippen LogP contribution in [-0.4, -0.2) is 24.4 Å². The Labute approximate surface area is 222 Å². The van der Waals surface area contributed by atoms with Crippen molar-refractivity contribution >= 4 is 74.0 Å². The fourth-order valence-corrected chi connectivity index (χ4v) is 4.33. The van der Waals surface area contributed by atoms with Gasteiger partial charge < -0.3 is 14.2 Å². The lowest BCUT2D eigenvalue weighted by molar-refractivity contribution is -0.129. The number of nitrogens with zero attached hydrogens (tertiary/aromatic N) is 1. The predicted octanol–water partition coefficient (Wildman–Crippen LogP) is 6.67. The van der Waals surface area contributed by atoms with Crippen molar-refractivity contribution in [3.8, 4) is 11.5 Å². The van der Waals surface area contributed by atoms with Crippen LogP contribution < -0.4 is 9.47 Å². The van der Waals surface area contributed by atoms with Gasteiger partial charge in [0.15, 0.2) is 17.2 Å². The molecule has 0 atom stereocenters. The topological polar surface area (TPSA) is 74.2 Å². The van der Waals surface area contributed by atoms with E-state index >= 15 is 0 Å². The molecule has 0 fully saturated rings. The number of carbonyl (C=O) groups is 2. The third-order valence-electron chi connectivity index (χ3n) is 4.62. The van der Waals surface area contributed by atoms with Crippen LogP contribution in [0.1, 0.15) is 28.4 Å². The fraction of sp³-hybridized carbons (Fsp3) is 0.0800. The molecule has 0 amide bonds. The Kier molecular flexibility index (Phi) is 7.70. The Balaban J connectivity index is 1.67. The quantitative estimate of drug-likeness (QED) is 0.129. The molecule has 0 N–H and O–H groups in total. The lowest BCUT2D eigenvalue weighted by atomic mass is 10.1. The Morgan fingerprint density at radius 3 is 2.68 bits per heavy atom. The van der Waals surface area contributed by atoms with E-state index in [-0.39, 0.29) is 17.3 Å². The average molecular weight is 653 g/mol. The van der Waals surface area contributed by atoms with Gasteiger partial charge in [-0.15, -0.1) is 0 Å². The van der Waals surface area contributed by atoms with Crippen LogP contribution in [-0.2, 0) is 9.53 Å². The van der Waals surface area contributed by atoms with E-state index in [1.165, 1.54) is 0 Å². The maximum absolute atomic E-state index is 12.6. The summed E-state index contributed by atoms with van der Waals surface area (Å²) in [5.41, 5.74) is 1.64. The SMILES string of the molecule is CCOc1cc(/C=C2\N=C(c3cc(I)ccc3Cl)OC2=O)cc(Br)c1OC(=O)c1ccccc1. The monoisotopic (exact) mass is 651 g/mol. The van der Waals surface area contributed by atoms with E-state index in [1.54, 1.807) is 54.6 Å². The molecule has 1 aliphatic heterocycles. The number of aliphatic imine (C=N–C) groups is 1. The van der Waals surface area contributed by atoms with E-state index < -0.39 is 11.9 Å². The fourth-order valence-electron chi connectivity index (χ4n) is 3.10. The number of benzene rings is 3. The zero-order valence-electron chi connectivity index (χ0n) is 17.7. The van der Waals surface area contributed by atoms with Crippen molar-refractivity contribution in [1.82, 2.24) is 0 Å². The van der Waals surface area contributed by atoms with Crippen LogP contribution in [0, 0.1) is 3.57 Å². The van der Waals surface area contributed by atoms with Gasteiger partial charge in [0.1, 0.15) is 0 Å². The van der Waals surface area contributed by atoms with Crippen LogP contribution in [0.15, 0.2) is 75.8 Å². The molecule has 4 rings (SSSR count). The van der Waals surface area contributed by atoms with Crippen LogP contribution in [0.4, 0.5) is 0 Å². The molecule has 34 heavy (non-hydrogen) atoms. The molecular formula is C25H16BrClINO5. The minimum atomic E-state index is -0.599. The van der Waals surface area contributed by atoms with Gasteiger partial charge in [-0.1, -0.05) is 29.8 Å². The van der Waals surface area contributed by atoms with E-state index in [1.807, 2.05) is 19.1 Å². The van der Waals surface area contributed by atoms with Crippen LogP contribution in [0.3, 0.4) is 0 Å². The lowest BCUT2D eigenvalue weighted by Crippen LogP contribution is -2.10. The number of hydrogen-bond donors (Lipinski definition) is 0. The van der Waals surface area contributed by atoms with Crippen LogP contribution in [0.2, 0.25) is 5.02 Å². The van der Waals surface area contributed by atoms with Gasteiger partial charge in [0.25, 0.3) is 0 Å². The summed E-state index contributed by atoms with van der Waals surface area (Å²) in [7, 11) is 0. The van der Waals surface area contributed by atoms with Crippen LogP contribution in [0.25, 0.3) is 6.08 Å². The summed E-state index contributed by atoms with van der Waals surface area (Å²) in [6.45, 7) is 2.16. The van der Waals surface area contributed by atoms with Gasteiger partial charge in [-0.2, -0.15) is 0 Å². The van der Waals surface area contributed by atoms with Crippen molar-refractivity contribution in [2.24, 2.45) is 4.99 Å². The van der Waals surface area contributed by atoms with Gasteiger partial charge in [-0.3, -0.25) is 0 Å². The van der Waals surface area contributed by atoms with E-state index in [9.17, 15) is 9.59 Å². The highest BCUT2D eigenvalue weighted by Gasteiger charge is 2.26. The van der Waals surface area contributed by atoms with E-state index in [4.69, 9.17) is 25.8 Å². The summed E-state index contributed by atoms with van der Waals surface area (Å²) in [4.78, 5) is 29.3. The van der Waals surface area contributed by atoms with Crippen molar-refractivity contribution < 1.29 is 23.8 Å². The third kappa shape index (κ3) is 5.51. The zero-order valence-corrected chi connectivity index (χ0v) is 22.2. The Morgan fingerprint density at radius 2 is 1.94 bits per heavy atom. The summed E-state index contributed by atoms with van der Waals surface area (Å²) in [6.07, 6.45) is 1.56. The van der Waals surface area contributed by atoms with Crippen molar-refractivity contribution in [3.63, 3.8) is 0 Å². The molecule has 0 bridgehead atoms. The maximum atomic E-state index is 12.6. The molecule has 9 heteroatoms. The number of halogens is 3. The summed E-state index contributed by atoms with van der Waals surface area (Å²) < 4.78 is 18.0. The van der Waals surface area contributed by atoms with Crippen molar-refractivity contribution in [2.45, 2.75) is 6.92 Å². The minimum Gasteiger partial charge on any atom is -0.490 e. The number of rotatable bonds is 6. The average Bonchev–Trinajstić information content (AvgIpc) is 3.18.